The monoisotopic (exact) mass is 444 g/mol. The maximum absolute atomic E-state index is 12.3. The van der Waals surface area contributed by atoms with Gasteiger partial charge in [0.1, 0.15) is 6.61 Å². The normalized spacial score (nSPS) is 11.0. The van der Waals surface area contributed by atoms with E-state index in [-0.39, 0.29) is 30.3 Å². The average molecular weight is 445 g/mol. The number of rotatable bonds is 8. The lowest BCUT2D eigenvalue weighted by atomic mass is 10.1. The van der Waals surface area contributed by atoms with Gasteiger partial charge in [0, 0.05) is 15.9 Å². The third kappa shape index (κ3) is 6.16. The molecule has 1 amide bonds. The number of sulfonamides is 1. The smallest absolute Gasteiger partial charge is 0.338 e. The van der Waals surface area contributed by atoms with Gasteiger partial charge in [0.05, 0.1) is 23.9 Å². The second-order valence-electron chi connectivity index (χ2n) is 6.41. The van der Waals surface area contributed by atoms with E-state index < -0.39 is 16.0 Å². The molecule has 2 aromatic carbocycles. The van der Waals surface area contributed by atoms with Crippen LogP contribution in [0.3, 0.4) is 0 Å². The summed E-state index contributed by atoms with van der Waals surface area (Å²) in [4.78, 5) is 25.4. The number of benzene rings is 2. The van der Waals surface area contributed by atoms with Crippen LogP contribution >= 0.6 is 11.3 Å². The number of esters is 1. The topological polar surface area (TPSA) is 102 Å². The number of anilines is 1. The van der Waals surface area contributed by atoms with E-state index in [1.165, 1.54) is 29.5 Å². The molecule has 1 aromatic heterocycles. The molecule has 3 aromatic rings. The van der Waals surface area contributed by atoms with Gasteiger partial charge in [0.2, 0.25) is 10.0 Å². The molecule has 0 saturated carbocycles. The first kappa shape index (κ1) is 21.5. The third-order valence-electron chi connectivity index (χ3n) is 3.94. The molecule has 0 radical (unpaired) electrons. The molecule has 0 atom stereocenters. The molecule has 0 aliphatic carbocycles. The number of nitrogens with one attached hydrogen (secondary N) is 2. The van der Waals surface area contributed by atoms with Crippen molar-refractivity contribution in [3.05, 3.63) is 77.2 Å². The Labute approximate surface area is 178 Å². The molecule has 3 rings (SSSR count). The van der Waals surface area contributed by atoms with Crippen LogP contribution < -0.4 is 10.0 Å². The molecule has 0 unspecified atom stereocenters. The predicted octanol–water partition coefficient (Wildman–Crippen LogP) is 3.37. The fraction of sp³-hybridized carbons (Fsp3) is 0.143. The van der Waals surface area contributed by atoms with Crippen molar-refractivity contribution in [1.82, 2.24) is 5.32 Å². The highest BCUT2D eigenvalue weighted by atomic mass is 32.2. The summed E-state index contributed by atoms with van der Waals surface area (Å²) in [7, 11) is -3.44. The van der Waals surface area contributed by atoms with Crippen molar-refractivity contribution < 1.29 is 22.7 Å². The summed E-state index contributed by atoms with van der Waals surface area (Å²) in [6.45, 7) is 0.145. The van der Waals surface area contributed by atoms with E-state index in [4.69, 9.17) is 4.74 Å². The Morgan fingerprint density at radius 1 is 1.00 bits per heavy atom. The number of hydrogen-bond donors (Lipinski definition) is 2. The van der Waals surface area contributed by atoms with E-state index in [0.29, 0.717) is 5.56 Å². The summed E-state index contributed by atoms with van der Waals surface area (Å²) in [5, 5.41) is 4.49. The molecule has 0 aliphatic rings. The van der Waals surface area contributed by atoms with Gasteiger partial charge in [-0.2, -0.15) is 0 Å². The molecular weight excluding hydrogens is 424 g/mol. The number of thiophene rings is 1. The summed E-state index contributed by atoms with van der Waals surface area (Å²) in [6, 6.07) is 17.6. The summed E-state index contributed by atoms with van der Waals surface area (Å²) < 4.78 is 30.0. The van der Waals surface area contributed by atoms with Crippen LogP contribution in [0.5, 0.6) is 0 Å². The largest absolute Gasteiger partial charge is 0.460 e. The van der Waals surface area contributed by atoms with Crippen LogP contribution in [0.25, 0.3) is 10.4 Å². The molecule has 0 fully saturated rings. The lowest BCUT2D eigenvalue weighted by Crippen LogP contribution is -2.27. The van der Waals surface area contributed by atoms with Crippen molar-refractivity contribution in [3.63, 3.8) is 0 Å². The molecule has 0 aliphatic heterocycles. The molecule has 0 saturated heterocycles. The van der Waals surface area contributed by atoms with Crippen LogP contribution in [0.2, 0.25) is 0 Å². The molecule has 9 heteroatoms. The number of ether oxygens (including phenoxy) is 1. The van der Waals surface area contributed by atoms with Gasteiger partial charge in [0.25, 0.3) is 5.91 Å². The second kappa shape index (κ2) is 9.55. The zero-order valence-electron chi connectivity index (χ0n) is 16.1. The molecule has 0 spiro atoms. The standard InChI is InChI=1S/C21H20N2O5S2/c1-30(26,27)23-18-9-5-8-16(12-18)21(25)28-11-10-22-20(24)17-13-19(29-14-17)15-6-3-2-4-7-15/h2-9,12-14,23H,10-11H2,1H3,(H,22,24). The molecule has 156 valence electrons. The van der Waals surface area contributed by atoms with Gasteiger partial charge in [0.15, 0.2) is 0 Å². The van der Waals surface area contributed by atoms with E-state index in [0.717, 1.165) is 16.7 Å². The number of hydrogen-bond acceptors (Lipinski definition) is 6. The van der Waals surface area contributed by atoms with Gasteiger partial charge < -0.3 is 10.1 Å². The summed E-state index contributed by atoms with van der Waals surface area (Å²) in [5.41, 5.74) is 2.07. The zero-order chi connectivity index (χ0) is 21.6. The van der Waals surface area contributed by atoms with Gasteiger partial charge in [-0.25, -0.2) is 13.2 Å². The minimum Gasteiger partial charge on any atom is -0.460 e. The van der Waals surface area contributed by atoms with Crippen molar-refractivity contribution in [2.45, 2.75) is 0 Å². The van der Waals surface area contributed by atoms with Gasteiger partial charge in [-0.3, -0.25) is 9.52 Å². The Balaban J connectivity index is 1.48. The zero-order valence-corrected chi connectivity index (χ0v) is 17.8. The second-order valence-corrected chi connectivity index (χ2v) is 9.07. The van der Waals surface area contributed by atoms with E-state index in [2.05, 4.69) is 10.0 Å². The van der Waals surface area contributed by atoms with Crippen LogP contribution in [0, 0.1) is 0 Å². The van der Waals surface area contributed by atoms with Crippen molar-refractivity contribution >= 4 is 38.9 Å². The van der Waals surface area contributed by atoms with Gasteiger partial charge in [-0.1, -0.05) is 36.4 Å². The van der Waals surface area contributed by atoms with Crippen LogP contribution in [0.1, 0.15) is 20.7 Å². The maximum Gasteiger partial charge on any atom is 0.338 e. The van der Waals surface area contributed by atoms with Crippen molar-refractivity contribution in [2.75, 3.05) is 24.1 Å². The van der Waals surface area contributed by atoms with Crippen LogP contribution in [0.4, 0.5) is 5.69 Å². The third-order valence-corrected chi connectivity index (χ3v) is 5.53. The maximum atomic E-state index is 12.3. The minimum absolute atomic E-state index is 0.00994. The molecule has 1 heterocycles. The lowest BCUT2D eigenvalue weighted by molar-refractivity contribution is 0.0503. The summed E-state index contributed by atoms with van der Waals surface area (Å²) in [5.74, 6) is -0.855. The van der Waals surface area contributed by atoms with E-state index in [1.54, 1.807) is 11.4 Å². The first-order chi connectivity index (χ1) is 14.3. The van der Waals surface area contributed by atoms with E-state index >= 15 is 0 Å². The highest BCUT2D eigenvalue weighted by Crippen LogP contribution is 2.26. The quantitative estimate of drug-likeness (QED) is 0.410. The van der Waals surface area contributed by atoms with Gasteiger partial charge >= 0.3 is 5.97 Å². The van der Waals surface area contributed by atoms with E-state index in [9.17, 15) is 18.0 Å². The molecule has 0 bridgehead atoms. The lowest BCUT2D eigenvalue weighted by Gasteiger charge is -2.08. The molecule has 2 N–H and O–H groups in total. The van der Waals surface area contributed by atoms with E-state index in [1.807, 2.05) is 36.4 Å². The Hall–Kier alpha value is -3.17. The minimum atomic E-state index is -3.44. The highest BCUT2D eigenvalue weighted by molar-refractivity contribution is 7.92. The fourth-order valence-electron chi connectivity index (χ4n) is 2.63. The first-order valence-corrected chi connectivity index (χ1v) is 11.8. The van der Waals surface area contributed by atoms with Crippen LogP contribution in [-0.4, -0.2) is 39.7 Å². The average Bonchev–Trinajstić information content (AvgIpc) is 3.21. The van der Waals surface area contributed by atoms with Crippen molar-refractivity contribution in [2.24, 2.45) is 0 Å². The van der Waals surface area contributed by atoms with Gasteiger partial charge in [-0.15, -0.1) is 11.3 Å². The SMILES string of the molecule is CS(=O)(=O)Nc1cccc(C(=O)OCCNC(=O)c2csc(-c3ccccc3)c2)c1. The molecular formula is C21H20N2O5S2. The Bertz CT molecular complexity index is 1140. The number of carbonyl (C=O) groups is 2. The number of carbonyl (C=O) groups excluding carboxylic acids is 2. The van der Waals surface area contributed by atoms with Crippen molar-refractivity contribution in [3.8, 4) is 10.4 Å². The Morgan fingerprint density at radius 3 is 2.50 bits per heavy atom. The van der Waals surface area contributed by atoms with Crippen LogP contribution in [-0.2, 0) is 14.8 Å². The Kier molecular flexibility index (Phi) is 6.86. The predicted molar refractivity (Wildman–Crippen MR) is 117 cm³/mol. The van der Waals surface area contributed by atoms with Crippen LogP contribution in [0.15, 0.2) is 66.0 Å². The summed E-state index contributed by atoms with van der Waals surface area (Å²) in [6.07, 6.45) is 1.02. The van der Waals surface area contributed by atoms with Crippen molar-refractivity contribution in [1.29, 1.82) is 0 Å². The Morgan fingerprint density at radius 2 is 1.77 bits per heavy atom. The highest BCUT2D eigenvalue weighted by Gasteiger charge is 2.12. The molecule has 30 heavy (non-hydrogen) atoms. The first-order valence-electron chi connectivity index (χ1n) is 8.99. The molecule has 7 nitrogen and oxygen atoms in total. The summed E-state index contributed by atoms with van der Waals surface area (Å²) >= 11 is 1.48. The van der Waals surface area contributed by atoms with Gasteiger partial charge in [-0.05, 0) is 29.8 Å². The fourth-order valence-corrected chi connectivity index (χ4v) is 4.08. The number of amides is 1.